The molecule has 0 bridgehead atoms. The van der Waals surface area contributed by atoms with Gasteiger partial charge < -0.3 is 10.6 Å². The molecule has 2 fully saturated rings. The Kier molecular flexibility index (Phi) is 3.78. The molecule has 1 aromatic heterocycles. The van der Waals surface area contributed by atoms with Gasteiger partial charge in [-0.15, -0.1) is 0 Å². The van der Waals surface area contributed by atoms with Crippen LogP contribution in [0.15, 0.2) is 30.2 Å². The van der Waals surface area contributed by atoms with E-state index in [4.69, 9.17) is 5.73 Å². The Labute approximate surface area is 167 Å². The largest absolute Gasteiger partial charge is 0.368 e. The molecule has 5 rings (SSSR count). The molecule has 5 heteroatoms. The van der Waals surface area contributed by atoms with Crippen LogP contribution in [0.5, 0.6) is 0 Å². The minimum absolute atomic E-state index is 0.139. The third-order valence-corrected chi connectivity index (χ3v) is 8.58. The Hall–Kier alpha value is -2.17. The van der Waals surface area contributed by atoms with Crippen LogP contribution in [-0.4, -0.2) is 27.8 Å². The van der Waals surface area contributed by atoms with E-state index < -0.39 is 0 Å². The second-order valence-corrected chi connectivity index (χ2v) is 9.71. The number of carbonyl (C=O) groups is 1. The monoisotopic (exact) mass is 378 g/mol. The highest BCUT2D eigenvalue weighted by molar-refractivity contribution is 5.79. The number of nitrogens with two attached hydrogens (primary N) is 1. The SMILES string of the molecule is CN1C(=O)CCC2(C)C1=CCC1C3CC=C(c4cnc(N)nc4)C3(C)CCC12. The summed E-state index contributed by atoms with van der Waals surface area (Å²) in [5.74, 6) is 2.60. The Morgan fingerprint density at radius 2 is 1.82 bits per heavy atom. The van der Waals surface area contributed by atoms with Crippen LogP contribution >= 0.6 is 0 Å². The molecule has 0 spiro atoms. The molecule has 5 atom stereocenters. The maximum atomic E-state index is 12.3. The molecule has 1 aromatic rings. The van der Waals surface area contributed by atoms with Gasteiger partial charge >= 0.3 is 0 Å². The number of hydrogen-bond acceptors (Lipinski definition) is 4. The Bertz CT molecular complexity index is 888. The summed E-state index contributed by atoms with van der Waals surface area (Å²) in [5, 5.41) is 0. The van der Waals surface area contributed by atoms with Gasteiger partial charge in [0, 0.05) is 42.5 Å². The number of hydrogen-bond donors (Lipinski definition) is 1. The second-order valence-electron chi connectivity index (χ2n) is 9.71. The lowest BCUT2D eigenvalue weighted by Crippen LogP contribution is -2.53. The van der Waals surface area contributed by atoms with Gasteiger partial charge in [0.05, 0.1) is 0 Å². The fraction of sp³-hybridized carbons (Fsp3) is 0.609. The fourth-order valence-electron chi connectivity index (χ4n) is 7.07. The zero-order valence-electron chi connectivity index (χ0n) is 17.1. The molecule has 4 aliphatic rings. The van der Waals surface area contributed by atoms with E-state index in [9.17, 15) is 4.79 Å². The van der Waals surface area contributed by atoms with E-state index in [2.05, 4.69) is 36.0 Å². The Morgan fingerprint density at radius 1 is 1.07 bits per heavy atom. The molecule has 5 unspecified atom stereocenters. The van der Waals surface area contributed by atoms with Crippen molar-refractivity contribution in [3.63, 3.8) is 0 Å². The van der Waals surface area contributed by atoms with Crippen molar-refractivity contribution in [3.8, 4) is 0 Å². The Balaban J connectivity index is 1.48. The first kappa shape index (κ1) is 17.9. The van der Waals surface area contributed by atoms with E-state index in [1.807, 2.05) is 24.3 Å². The maximum Gasteiger partial charge on any atom is 0.226 e. The summed E-state index contributed by atoms with van der Waals surface area (Å²) in [5.41, 5.74) is 9.83. The van der Waals surface area contributed by atoms with Crippen LogP contribution in [0.3, 0.4) is 0 Å². The molecule has 1 amide bonds. The quantitative estimate of drug-likeness (QED) is 0.800. The van der Waals surface area contributed by atoms with Gasteiger partial charge in [-0.3, -0.25) is 4.79 Å². The van der Waals surface area contributed by atoms with Crippen LogP contribution < -0.4 is 5.73 Å². The van der Waals surface area contributed by atoms with Crippen molar-refractivity contribution < 1.29 is 4.79 Å². The summed E-state index contributed by atoms with van der Waals surface area (Å²) in [6.07, 6.45) is 14.9. The summed E-state index contributed by atoms with van der Waals surface area (Å²) in [4.78, 5) is 22.7. The molecule has 148 valence electrons. The predicted octanol–water partition coefficient (Wildman–Crippen LogP) is 4.04. The first-order chi connectivity index (χ1) is 13.3. The number of anilines is 1. The van der Waals surface area contributed by atoms with Gasteiger partial charge in [0.15, 0.2) is 0 Å². The molecule has 2 heterocycles. The van der Waals surface area contributed by atoms with E-state index in [0.717, 1.165) is 24.8 Å². The van der Waals surface area contributed by atoms with Crippen LogP contribution in [0.4, 0.5) is 5.95 Å². The van der Waals surface area contributed by atoms with Gasteiger partial charge in [-0.1, -0.05) is 26.0 Å². The van der Waals surface area contributed by atoms with Crippen LogP contribution in [-0.2, 0) is 4.79 Å². The molecular weight excluding hydrogens is 348 g/mol. The van der Waals surface area contributed by atoms with Gasteiger partial charge in [-0.05, 0) is 60.8 Å². The van der Waals surface area contributed by atoms with Crippen molar-refractivity contribution in [2.24, 2.45) is 28.6 Å². The van der Waals surface area contributed by atoms with E-state index >= 15 is 0 Å². The zero-order chi connectivity index (χ0) is 19.7. The van der Waals surface area contributed by atoms with Crippen molar-refractivity contribution in [3.05, 3.63) is 35.8 Å². The number of piperidine rings is 1. The van der Waals surface area contributed by atoms with E-state index in [-0.39, 0.29) is 16.7 Å². The minimum atomic E-state index is 0.139. The number of nitrogens with zero attached hydrogens (tertiary/aromatic N) is 3. The average Bonchev–Trinajstić information content (AvgIpc) is 3.03. The van der Waals surface area contributed by atoms with E-state index in [1.165, 1.54) is 24.1 Å². The number of fused-ring (bicyclic) bond motifs is 5. The van der Waals surface area contributed by atoms with Crippen molar-refractivity contribution >= 4 is 17.4 Å². The van der Waals surface area contributed by atoms with Crippen molar-refractivity contribution in [2.75, 3.05) is 12.8 Å². The normalized spacial score (nSPS) is 39.6. The van der Waals surface area contributed by atoms with Crippen molar-refractivity contribution in [1.82, 2.24) is 14.9 Å². The van der Waals surface area contributed by atoms with Crippen LogP contribution in [0.1, 0.15) is 57.9 Å². The molecule has 1 saturated heterocycles. The summed E-state index contributed by atoms with van der Waals surface area (Å²) in [7, 11) is 1.97. The van der Waals surface area contributed by atoms with Crippen molar-refractivity contribution in [2.45, 2.75) is 52.4 Å². The topological polar surface area (TPSA) is 72.1 Å². The van der Waals surface area contributed by atoms with Gasteiger partial charge in [0.2, 0.25) is 11.9 Å². The highest BCUT2D eigenvalue weighted by atomic mass is 16.2. The number of likely N-dealkylation sites (tertiary alicyclic amines) is 1. The molecule has 28 heavy (non-hydrogen) atoms. The van der Waals surface area contributed by atoms with Crippen LogP contribution in [0.25, 0.3) is 5.57 Å². The highest BCUT2D eigenvalue weighted by Crippen LogP contribution is 2.65. The number of rotatable bonds is 1. The molecule has 3 aliphatic carbocycles. The number of amides is 1. The zero-order valence-corrected chi connectivity index (χ0v) is 17.1. The van der Waals surface area contributed by atoms with Crippen molar-refractivity contribution in [1.29, 1.82) is 0 Å². The fourth-order valence-corrected chi connectivity index (χ4v) is 7.07. The standard InChI is InChI=1S/C23H30N4O/c1-22-10-8-18-15(4-7-19-23(18,2)11-9-20(28)27(19)3)17(22)6-5-16(22)14-12-25-21(24)26-13-14/h5,7,12-13,15,17-18H,4,6,8-11H2,1-3H3,(H2,24,25,26). The average molecular weight is 379 g/mol. The van der Waals surface area contributed by atoms with Gasteiger partial charge in [-0.2, -0.15) is 0 Å². The van der Waals surface area contributed by atoms with E-state index in [0.29, 0.717) is 30.1 Å². The maximum absolute atomic E-state index is 12.3. The molecular formula is C23H30N4O. The van der Waals surface area contributed by atoms with Crippen LogP contribution in [0, 0.1) is 28.6 Å². The lowest BCUT2D eigenvalue weighted by molar-refractivity contribution is -0.135. The third kappa shape index (κ3) is 2.28. The molecule has 1 aliphatic heterocycles. The minimum Gasteiger partial charge on any atom is -0.368 e. The summed E-state index contributed by atoms with van der Waals surface area (Å²) in [6.45, 7) is 4.86. The number of allylic oxidation sites excluding steroid dienone is 4. The molecule has 1 saturated carbocycles. The van der Waals surface area contributed by atoms with Crippen LogP contribution in [0.2, 0.25) is 0 Å². The lowest BCUT2D eigenvalue weighted by Gasteiger charge is -2.58. The summed E-state index contributed by atoms with van der Waals surface area (Å²) < 4.78 is 0. The lowest BCUT2D eigenvalue weighted by atomic mass is 9.49. The molecule has 2 N–H and O–H groups in total. The summed E-state index contributed by atoms with van der Waals surface area (Å²) in [6, 6.07) is 0. The van der Waals surface area contributed by atoms with E-state index in [1.54, 1.807) is 0 Å². The van der Waals surface area contributed by atoms with Gasteiger partial charge in [-0.25, -0.2) is 9.97 Å². The van der Waals surface area contributed by atoms with Gasteiger partial charge in [0.1, 0.15) is 0 Å². The molecule has 5 nitrogen and oxygen atoms in total. The number of nitrogen functional groups attached to an aromatic ring is 1. The van der Waals surface area contributed by atoms with Gasteiger partial charge in [0.25, 0.3) is 0 Å². The number of aromatic nitrogens is 2. The number of carbonyl (C=O) groups excluding carboxylic acids is 1. The second kappa shape index (κ2) is 5.91. The first-order valence-corrected chi connectivity index (χ1v) is 10.6. The summed E-state index contributed by atoms with van der Waals surface area (Å²) >= 11 is 0. The molecule has 0 radical (unpaired) electrons. The molecule has 0 aromatic carbocycles. The smallest absolute Gasteiger partial charge is 0.226 e. The highest BCUT2D eigenvalue weighted by Gasteiger charge is 2.57. The third-order valence-electron chi connectivity index (χ3n) is 8.58. The first-order valence-electron chi connectivity index (χ1n) is 10.6. The Morgan fingerprint density at radius 3 is 2.57 bits per heavy atom. The predicted molar refractivity (Wildman–Crippen MR) is 110 cm³/mol.